The number of fused-ring (bicyclic) bond motifs is 2. The predicted octanol–water partition coefficient (Wildman–Crippen LogP) is 1.04. The molecule has 0 N–H and O–H groups in total. The molecule has 46 heavy (non-hydrogen) atoms. The van der Waals surface area contributed by atoms with E-state index in [1.54, 1.807) is 0 Å². The predicted molar refractivity (Wildman–Crippen MR) is 190 cm³/mol. The van der Waals surface area contributed by atoms with Crippen LogP contribution in [-0.2, 0) is 21.4 Å². The highest BCUT2D eigenvalue weighted by molar-refractivity contribution is 9.09. The molecule has 0 saturated carbocycles. The van der Waals surface area contributed by atoms with E-state index >= 15 is 0 Å². The summed E-state index contributed by atoms with van der Waals surface area (Å²) in [6.07, 6.45) is 2.49. The third-order valence-electron chi connectivity index (χ3n) is 8.37. The zero-order chi connectivity index (χ0) is 34.1. The Kier molecular flexibility index (Phi) is 20.1. The van der Waals surface area contributed by atoms with Gasteiger partial charge in [-0.05, 0) is 45.4 Å². The van der Waals surface area contributed by atoms with Crippen LogP contribution in [0.5, 0.6) is 0 Å². The minimum atomic E-state index is -3.11. The summed E-state index contributed by atoms with van der Waals surface area (Å²) in [5.74, 6) is 0. The lowest BCUT2D eigenvalue weighted by atomic mass is 9.82. The number of hydrogen-bond donors (Lipinski definition) is 0. The van der Waals surface area contributed by atoms with Gasteiger partial charge in [-0.25, -0.2) is 0 Å². The van der Waals surface area contributed by atoms with Gasteiger partial charge in [-0.3, -0.25) is 4.99 Å². The van der Waals surface area contributed by atoms with Gasteiger partial charge in [0.05, 0.1) is 72.9 Å². The third-order valence-corrected chi connectivity index (χ3v) is 8.93. The van der Waals surface area contributed by atoms with Gasteiger partial charge in [-0.2, -0.15) is 4.58 Å². The van der Waals surface area contributed by atoms with Crippen LogP contribution in [0.2, 0.25) is 0 Å². The summed E-state index contributed by atoms with van der Waals surface area (Å²) in [4.78, 5) is 4.52. The molecule has 0 amide bonds. The Morgan fingerprint density at radius 3 is 1.72 bits per heavy atom. The summed E-state index contributed by atoms with van der Waals surface area (Å²) in [6.45, 7) is 19.3. The minimum Gasteiger partial charge on any atom is -1.00 e. The number of aryl methyl sites for hydroxylation is 1. The molecular formula is C35H58Br3N4O3S+. The van der Waals surface area contributed by atoms with Crippen molar-refractivity contribution in [2.24, 2.45) is 4.99 Å². The van der Waals surface area contributed by atoms with E-state index in [0.717, 1.165) is 26.5 Å². The molecular weight excluding hydrogens is 796 g/mol. The molecule has 0 fully saturated rings. The molecule has 0 saturated heterocycles. The monoisotopic (exact) mass is 851 g/mol. The number of hydrogen-bond acceptors (Lipinski definition) is 4. The second-order valence-corrected chi connectivity index (χ2v) is 16.1. The van der Waals surface area contributed by atoms with Crippen molar-refractivity contribution in [2.75, 3.05) is 67.3 Å². The highest BCUT2D eigenvalue weighted by atomic mass is 79.9. The third kappa shape index (κ3) is 14.9. The van der Waals surface area contributed by atoms with E-state index < -0.39 is 10.6 Å². The first-order valence-corrected chi connectivity index (χ1v) is 17.5. The van der Waals surface area contributed by atoms with Crippen molar-refractivity contribution >= 4 is 49.3 Å². The number of para-hydroxylation sites is 1. The molecule has 0 radical (unpaired) electrons. The fourth-order valence-corrected chi connectivity index (χ4v) is 5.49. The van der Waals surface area contributed by atoms with Gasteiger partial charge in [0.2, 0.25) is 5.69 Å². The second kappa shape index (κ2) is 19.7. The van der Waals surface area contributed by atoms with Crippen LogP contribution < -0.4 is 34.0 Å². The van der Waals surface area contributed by atoms with Crippen LogP contribution in [0, 0.1) is 6.92 Å². The second-order valence-electron chi connectivity index (χ2n) is 14.9. The molecule has 0 spiro atoms. The molecule has 0 unspecified atom stereocenters. The Labute approximate surface area is 311 Å². The van der Waals surface area contributed by atoms with Crippen LogP contribution in [-0.4, -0.2) is 105 Å². The summed E-state index contributed by atoms with van der Waals surface area (Å²) >= 11 is 3.39. The van der Waals surface area contributed by atoms with E-state index in [4.69, 9.17) is 12.6 Å². The van der Waals surface area contributed by atoms with Crippen molar-refractivity contribution in [1.82, 2.24) is 0 Å². The maximum atomic E-state index is 8.44. The topological polar surface area (TPSA) is 66.6 Å². The quantitative estimate of drug-likeness (QED) is 0.238. The molecule has 0 atom stereocenters. The Bertz CT molecular complexity index is 1430. The first-order valence-electron chi connectivity index (χ1n) is 15.4. The Balaban J connectivity index is 0. The fraction of sp³-hybridized carbons (Fsp3) is 0.600. The summed E-state index contributed by atoms with van der Waals surface area (Å²) in [6, 6.07) is 15.3. The van der Waals surface area contributed by atoms with Gasteiger partial charge in [0.1, 0.15) is 0 Å². The molecule has 0 aliphatic carbocycles. The smallest absolute Gasteiger partial charge is 0.425 e. The lowest BCUT2D eigenvalue weighted by Crippen LogP contribution is -3.00. The normalized spacial score (nSPS) is 15.1. The van der Waals surface area contributed by atoms with E-state index in [2.05, 4.69) is 153 Å². The molecule has 2 aromatic carbocycles. The molecule has 2 aliphatic heterocycles. The van der Waals surface area contributed by atoms with Crippen LogP contribution in [0.25, 0.3) is 0 Å². The number of halogens is 3. The van der Waals surface area contributed by atoms with E-state index in [-0.39, 0.29) is 44.8 Å². The van der Waals surface area contributed by atoms with Crippen LogP contribution in [0.15, 0.2) is 47.5 Å². The standard InChI is InChI=1S/C18H30N2.C11H13N.C6H15BrN.2BrH.O3S/c1-14-9-10-17-16(13-14)18(3,4)15(2)19(17)11-8-12-20(5,6)7;1-8-11(2,3)9-6-4-5-7-10(9)12-8;1-8(2,3)6-4-5-7;;;1-4(2)3/h9-10,13H,8,11-12H2,1-7H3;4-7H,1-3H3;4-6H2,1-3H3;2*1H;/q+2;;+1;;;/p-2. The van der Waals surface area contributed by atoms with Crippen molar-refractivity contribution in [3.63, 3.8) is 0 Å². The van der Waals surface area contributed by atoms with E-state index in [1.165, 1.54) is 59.7 Å². The number of rotatable bonds is 7. The summed E-state index contributed by atoms with van der Waals surface area (Å²) < 4.78 is 30.0. The number of benzene rings is 2. The number of aliphatic imine (C=N–C) groups is 1. The first kappa shape index (κ1) is 46.9. The Morgan fingerprint density at radius 1 is 0.761 bits per heavy atom. The lowest BCUT2D eigenvalue weighted by Gasteiger charge is -2.23. The molecule has 11 heteroatoms. The molecule has 2 aromatic rings. The summed E-state index contributed by atoms with van der Waals surface area (Å²) in [5, 5.41) is 1.13. The van der Waals surface area contributed by atoms with Crippen molar-refractivity contribution in [2.45, 2.75) is 72.1 Å². The van der Waals surface area contributed by atoms with Gasteiger partial charge >= 0.3 is 10.6 Å². The molecule has 2 aliphatic rings. The lowest BCUT2D eigenvalue weighted by molar-refractivity contribution is -0.871. The van der Waals surface area contributed by atoms with Crippen molar-refractivity contribution in [3.05, 3.63) is 59.2 Å². The summed E-state index contributed by atoms with van der Waals surface area (Å²) in [5.41, 5.74) is 9.75. The first-order chi connectivity index (χ1) is 20.0. The van der Waals surface area contributed by atoms with Gasteiger partial charge < -0.3 is 42.9 Å². The number of alkyl halides is 1. The van der Waals surface area contributed by atoms with Crippen molar-refractivity contribution in [3.8, 4) is 0 Å². The van der Waals surface area contributed by atoms with Crippen LogP contribution in [0.4, 0.5) is 11.4 Å². The largest absolute Gasteiger partial charge is 1.00 e. The van der Waals surface area contributed by atoms with E-state index in [1.807, 2.05) is 6.07 Å². The Hall–Kier alpha value is -1.24. The molecule has 2 heterocycles. The maximum absolute atomic E-state index is 8.44. The summed E-state index contributed by atoms with van der Waals surface area (Å²) in [7, 11) is 10.3. The average molecular weight is 855 g/mol. The van der Waals surface area contributed by atoms with Gasteiger partial charge in [-0.1, -0.05) is 59.6 Å². The van der Waals surface area contributed by atoms with Gasteiger partial charge in [0, 0.05) is 41.4 Å². The molecule has 0 aromatic heterocycles. The zero-order valence-electron chi connectivity index (χ0n) is 30.3. The van der Waals surface area contributed by atoms with Gasteiger partial charge in [0.25, 0.3) is 0 Å². The average Bonchev–Trinajstić information content (AvgIpc) is 3.22. The van der Waals surface area contributed by atoms with Crippen LogP contribution in [0.3, 0.4) is 0 Å². The number of nitrogens with zero attached hydrogens (tertiary/aromatic N) is 4. The van der Waals surface area contributed by atoms with E-state index in [0.29, 0.717) is 0 Å². The maximum Gasteiger partial charge on any atom is 0.425 e. The van der Waals surface area contributed by atoms with Crippen LogP contribution in [0.1, 0.15) is 71.1 Å². The molecule has 262 valence electrons. The van der Waals surface area contributed by atoms with Gasteiger partial charge in [0.15, 0.2) is 12.3 Å². The minimum absolute atomic E-state index is 0. The van der Waals surface area contributed by atoms with Gasteiger partial charge in [-0.15, -0.1) is 12.6 Å². The highest BCUT2D eigenvalue weighted by Gasteiger charge is 2.42. The Morgan fingerprint density at radius 2 is 1.26 bits per heavy atom. The van der Waals surface area contributed by atoms with Crippen molar-refractivity contribution < 1.29 is 60.1 Å². The molecule has 4 rings (SSSR count). The van der Waals surface area contributed by atoms with Crippen molar-refractivity contribution in [1.29, 1.82) is 0 Å². The van der Waals surface area contributed by atoms with E-state index in [9.17, 15) is 0 Å². The molecule has 0 bridgehead atoms. The SMILES string of the molecule is CC1=Nc2ccccc2C1(C)C.CC1=[N+](CCC[N+](C)(C)C)c2ccc(C)cc2C1(C)C.C[N+](C)(C)CCCBr.O=S(=O)=O.[Br-].[Br-]. The molecule has 7 nitrogen and oxygen atoms in total. The highest BCUT2D eigenvalue weighted by Crippen LogP contribution is 2.40. The zero-order valence-corrected chi connectivity index (χ0v) is 35.9. The number of quaternary nitrogens is 2. The van der Waals surface area contributed by atoms with Crippen LogP contribution >= 0.6 is 15.9 Å². The fourth-order valence-electron chi connectivity index (χ4n) is 5.24.